The molecule has 4 aliphatic carbocycles. The smallest absolute Gasteiger partial charge is 0.309 e. The highest BCUT2D eigenvalue weighted by Crippen LogP contribution is 2.65. The largest absolute Gasteiger partial charge is 0.481 e. The quantitative estimate of drug-likeness (QED) is 0.728. The van der Waals surface area contributed by atoms with Crippen molar-refractivity contribution >= 4 is 5.97 Å². The molecule has 2 unspecified atom stereocenters. The molecule has 0 aromatic carbocycles. The number of carboxylic acid groups (broad SMARTS) is 1. The highest BCUT2D eigenvalue weighted by atomic mass is 16.4. The summed E-state index contributed by atoms with van der Waals surface area (Å²) in [6, 6.07) is 0. The molecule has 3 heteroatoms. The van der Waals surface area contributed by atoms with E-state index in [1.807, 2.05) is 0 Å². The first-order chi connectivity index (χ1) is 7.07. The minimum Gasteiger partial charge on any atom is -0.481 e. The van der Waals surface area contributed by atoms with Gasteiger partial charge in [0.15, 0.2) is 0 Å². The zero-order valence-electron chi connectivity index (χ0n) is 8.91. The zero-order valence-corrected chi connectivity index (χ0v) is 8.91. The number of carboxylic acids is 1. The number of rotatable bonds is 2. The van der Waals surface area contributed by atoms with Gasteiger partial charge in [0.1, 0.15) is 0 Å². The molecule has 2 N–H and O–H groups in total. The standard InChI is InChI=1S/C12H18O3/c13-7-11-2-8-1-9(3-11)5-12(4-8,6-11)10(14)15/h8-9,13H,1-7H2,(H,14,15). The van der Waals surface area contributed by atoms with Gasteiger partial charge in [-0.25, -0.2) is 0 Å². The average Bonchev–Trinajstić information content (AvgIpc) is 2.15. The summed E-state index contributed by atoms with van der Waals surface area (Å²) in [6.45, 7) is 0.190. The summed E-state index contributed by atoms with van der Waals surface area (Å²) in [6.07, 6.45) is 5.78. The van der Waals surface area contributed by atoms with E-state index < -0.39 is 11.4 Å². The van der Waals surface area contributed by atoms with Crippen LogP contribution in [0.15, 0.2) is 0 Å². The van der Waals surface area contributed by atoms with Crippen LogP contribution in [0.4, 0.5) is 0 Å². The van der Waals surface area contributed by atoms with Gasteiger partial charge in [-0.3, -0.25) is 4.79 Å². The van der Waals surface area contributed by atoms with Crippen LogP contribution in [0.25, 0.3) is 0 Å². The van der Waals surface area contributed by atoms with E-state index in [-0.39, 0.29) is 12.0 Å². The molecule has 3 nitrogen and oxygen atoms in total. The summed E-state index contributed by atoms with van der Waals surface area (Å²) in [5.74, 6) is 0.512. The van der Waals surface area contributed by atoms with Crippen LogP contribution in [0.5, 0.6) is 0 Å². The third kappa shape index (κ3) is 1.19. The van der Waals surface area contributed by atoms with Crippen LogP contribution in [-0.4, -0.2) is 22.8 Å². The highest BCUT2D eigenvalue weighted by Gasteiger charge is 2.60. The summed E-state index contributed by atoms with van der Waals surface area (Å²) >= 11 is 0. The molecule has 0 aromatic rings. The van der Waals surface area contributed by atoms with Crippen molar-refractivity contribution in [3.05, 3.63) is 0 Å². The van der Waals surface area contributed by atoms with Gasteiger partial charge >= 0.3 is 5.97 Å². The molecule has 4 aliphatic rings. The van der Waals surface area contributed by atoms with Gasteiger partial charge in [0.05, 0.1) is 5.41 Å². The normalized spacial score (nSPS) is 52.1. The molecule has 4 bridgehead atoms. The molecule has 84 valence electrons. The molecule has 0 radical (unpaired) electrons. The van der Waals surface area contributed by atoms with Gasteiger partial charge in [-0.2, -0.15) is 0 Å². The SMILES string of the molecule is O=C(O)C12CC3CC(CC(CO)(C3)C1)C2. The maximum absolute atomic E-state index is 11.4. The van der Waals surface area contributed by atoms with Crippen LogP contribution in [0.2, 0.25) is 0 Å². The number of hydrogen-bond donors (Lipinski definition) is 2. The molecule has 0 saturated heterocycles. The van der Waals surface area contributed by atoms with E-state index in [4.69, 9.17) is 0 Å². The monoisotopic (exact) mass is 210 g/mol. The summed E-state index contributed by atoms with van der Waals surface area (Å²) in [7, 11) is 0. The third-order valence-corrected chi connectivity index (χ3v) is 4.97. The first-order valence-electron chi connectivity index (χ1n) is 5.92. The van der Waals surface area contributed by atoms with Crippen LogP contribution >= 0.6 is 0 Å². The van der Waals surface area contributed by atoms with Crippen molar-refractivity contribution < 1.29 is 15.0 Å². The van der Waals surface area contributed by atoms with Gasteiger partial charge in [0.25, 0.3) is 0 Å². The Bertz CT molecular complexity index is 296. The number of hydrogen-bond acceptors (Lipinski definition) is 2. The van der Waals surface area contributed by atoms with Crippen LogP contribution in [-0.2, 0) is 4.79 Å². The van der Waals surface area contributed by atoms with Crippen LogP contribution < -0.4 is 0 Å². The lowest BCUT2D eigenvalue weighted by atomic mass is 9.44. The predicted molar refractivity (Wildman–Crippen MR) is 54.3 cm³/mol. The van der Waals surface area contributed by atoms with Crippen molar-refractivity contribution in [2.45, 2.75) is 38.5 Å². The number of aliphatic hydroxyl groups is 1. The highest BCUT2D eigenvalue weighted by molar-refractivity contribution is 5.75. The molecule has 2 atom stereocenters. The van der Waals surface area contributed by atoms with Crippen molar-refractivity contribution in [3.8, 4) is 0 Å². The Morgan fingerprint density at radius 1 is 1.20 bits per heavy atom. The molecule has 0 spiro atoms. The Hall–Kier alpha value is -0.570. The first-order valence-corrected chi connectivity index (χ1v) is 5.92. The van der Waals surface area contributed by atoms with E-state index in [9.17, 15) is 15.0 Å². The van der Waals surface area contributed by atoms with Gasteiger partial charge in [-0.1, -0.05) is 0 Å². The predicted octanol–water partition coefficient (Wildman–Crippen LogP) is 1.65. The van der Waals surface area contributed by atoms with E-state index in [1.54, 1.807) is 0 Å². The maximum Gasteiger partial charge on any atom is 0.309 e. The van der Waals surface area contributed by atoms with Gasteiger partial charge in [-0.15, -0.1) is 0 Å². The molecule has 0 heterocycles. The fourth-order valence-electron chi connectivity index (χ4n) is 4.89. The van der Waals surface area contributed by atoms with Gasteiger partial charge in [0.2, 0.25) is 0 Å². The van der Waals surface area contributed by atoms with Crippen LogP contribution in [0.1, 0.15) is 38.5 Å². The number of aliphatic carboxylic acids is 1. The fraction of sp³-hybridized carbons (Fsp3) is 0.917. The fourth-order valence-corrected chi connectivity index (χ4v) is 4.89. The van der Waals surface area contributed by atoms with Gasteiger partial charge in [0, 0.05) is 6.61 Å². The Morgan fingerprint density at radius 3 is 2.27 bits per heavy atom. The number of carbonyl (C=O) groups is 1. The van der Waals surface area contributed by atoms with E-state index in [2.05, 4.69) is 0 Å². The Morgan fingerprint density at radius 2 is 1.80 bits per heavy atom. The average molecular weight is 210 g/mol. The van der Waals surface area contributed by atoms with Crippen molar-refractivity contribution in [1.82, 2.24) is 0 Å². The van der Waals surface area contributed by atoms with Gasteiger partial charge < -0.3 is 10.2 Å². The Balaban J connectivity index is 1.99. The van der Waals surface area contributed by atoms with Crippen LogP contribution in [0.3, 0.4) is 0 Å². The molecule has 4 saturated carbocycles. The lowest BCUT2D eigenvalue weighted by Crippen LogP contribution is -2.56. The molecule has 15 heavy (non-hydrogen) atoms. The van der Waals surface area contributed by atoms with Crippen molar-refractivity contribution in [2.75, 3.05) is 6.61 Å². The lowest BCUT2D eigenvalue weighted by Gasteiger charge is -2.60. The Kier molecular flexibility index (Phi) is 1.77. The number of aliphatic hydroxyl groups excluding tert-OH is 1. The molecular weight excluding hydrogens is 192 g/mol. The molecular formula is C12H18O3. The minimum atomic E-state index is -0.616. The second-order valence-corrected chi connectivity index (χ2v) is 6.20. The van der Waals surface area contributed by atoms with E-state index in [1.165, 1.54) is 6.42 Å². The Labute approximate surface area is 89.5 Å². The van der Waals surface area contributed by atoms with Crippen LogP contribution in [0, 0.1) is 22.7 Å². The summed E-state index contributed by atoms with van der Waals surface area (Å²) in [5, 5.41) is 18.9. The first kappa shape index (κ1) is 9.64. The van der Waals surface area contributed by atoms with Gasteiger partial charge in [-0.05, 0) is 55.8 Å². The lowest BCUT2D eigenvalue weighted by molar-refractivity contribution is -0.178. The second-order valence-electron chi connectivity index (χ2n) is 6.20. The summed E-state index contributed by atoms with van der Waals surface area (Å²) < 4.78 is 0. The second kappa shape index (κ2) is 2.76. The third-order valence-electron chi connectivity index (χ3n) is 4.97. The van der Waals surface area contributed by atoms with E-state index in [0.29, 0.717) is 11.8 Å². The molecule has 0 aromatic heterocycles. The zero-order chi connectivity index (χ0) is 10.7. The van der Waals surface area contributed by atoms with E-state index in [0.717, 1.165) is 32.1 Å². The maximum atomic E-state index is 11.4. The van der Waals surface area contributed by atoms with E-state index >= 15 is 0 Å². The van der Waals surface area contributed by atoms with Crippen molar-refractivity contribution in [1.29, 1.82) is 0 Å². The van der Waals surface area contributed by atoms with Crippen molar-refractivity contribution in [3.63, 3.8) is 0 Å². The molecule has 0 aliphatic heterocycles. The summed E-state index contributed by atoms with van der Waals surface area (Å²) in [5.41, 5.74) is -0.519. The minimum absolute atomic E-state index is 0.0392. The molecule has 0 amide bonds. The molecule has 4 fully saturated rings. The van der Waals surface area contributed by atoms with Crippen molar-refractivity contribution in [2.24, 2.45) is 22.7 Å². The summed E-state index contributed by atoms with van der Waals surface area (Å²) in [4.78, 5) is 11.4. The topological polar surface area (TPSA) is 57.5 Å². The molecule has 4 rings (SSSR count).